The number of hydrazone groups is 1. The number of benzene rings is 1. The van der Waals surface area contributed by atoms with Gasteiger partial charge in [-0.05, 0) is 38.2 Å². The molecular weight excluding hydrogens is 304 g/mol. The molecule has 124 valence electrons. The highest BCUT2D eigenvalue weighted by atomic mass is 16.2. The lowest BCUT2D eigenvalue weighted by Crippen LogP contribution is -2.28. The summed E-state index contributed by atoms with van der Waals surface area (Å²) >= 11 is 0. The molecule has 1 atom stereocenters. The van der Waals surface area contributed by atoms with Crippen molar-refractivity contribution in [3.8, 4) is 0 Å². The number of aromatic nitrogens is 2. The number of amides is 1. The Morgan fingerprint density at radius 1 is 1.38 bits per heavy atom. The van der Waals surface area contributed by atoms with Crippen molar-refractivity contribution in [1.82, 2.24) is 15.2 Å². The minimum atomic E-state index is -0.406. The average Bonchev–Trinajstić information content (AvgIpc) is 2.63. The van der Waals surface area contributed by atoms with Gasteiger partial charge in [-0.2, -0.15) is 10.2 Å². The third kappa shape index (κ3) is 3.27. The van der Waals surface area contributed by atoms with Crippen LogP contribution < -0.4 is 11.0 Å². The largest absolute Gasteiger partial charge is 0.292 e. The lowest BCUT2D eigenvalue weighted by atomic mass is 9.96. The number of rotatable bonds is 4. The number of hydrogen-bond acceptors (Lipinski definition) is 4. The fourth-order valence-electron chi connectivity index (χ4n) is 2.82. The van der Waals surface area contributed by atoms with Crippen molar-refractivity contribution < 1.29 is 4.79 Å². The van der Waals surface area contributed by atoms with Gasteiger partial charge in [0.25, 0.3) is 11.5 Å². The zero-order valence-corrected chi connectivity index (χ0v) is 13.6. The standard InChI is InChI=1S/C18H20N4O2/c1-2-22-18(24)15-11-7-6-10-14(15)16(21-22)17(23)20-19-12-13-8-4-3-5-9-13/h3-4,6-7,10-13H,2,5,8-9H2,1H3,(H,20,23)/b19-12-/t13-/m0/s1. The van der Waals surface area contributed by atoms with Gasteiger partial charge in [0.05, 0.1) is 5.39 Å². The highest BCUT2D eigenvalue weighted by Gasteiger charge is 2.16. The third-order valence-electron chi connectivity index (χ3n) is 4.14. The van der Waals surface area contributed by atoms with Crippen LogP contribution in [0.4, 0.5) is 0 Å². The fraction of sp³-hybridized carbons (Fsp3) is 0.333. The normalized spacial score (nSPS) is 17.5. The first-order valence-corrected chi connectivity index (χ1v) is 8.19. The summed E-state index contributed by atoms with van der Waals surface area (Å²) in [4.78, 5) is 24.8. The summed E-state index contributed by atoms with van der Waals surface area (Å²) in [6.45, 7) is 2.22. The molecule has 0 aliphatic heterocycles. The Balaban J connectivity index is 1.86. The van der Waals surface area contributed by atoms with Gasteiger partial charge in [0, 0.05) is 18.1 Å². The minimum Gasteiger partial charge on any atom is -0.267 e. The number of carbonyl (C=O) groups excluding carboxylic acids is 1. The number of hydrogen-bond donors (Lipinski definition) is 1. The summed E-state index contributed by atoms with van der Waals surface area (Å²) < 4.78 is 1.30. The summed E-state index contributed by atoms with van der Waals surface area (Å²) in [5, 5.41) is 9.29. The lowest BCUT2D eigenvalue weighted by molar-refractivity contribution is 0.0949. The van der Waals surface area contributed by atoms with Crippen LogP contribution in [-0.4, -0.2) is 21.9 Å². The Hall–Kier alpha value is -2.76. The molecule has 0 bridgehead atoms. The molecule has 0 saturated carbocycles. The van der Waals surface area contributed by atoms with E-state index >= 15 is 0 Å². The molecule has 3 rings (SSSR count). The van der Waals surface area contributed by atoms with Crippen molar-refractivity contribution >= 4 is 22.9 Å². The van der Waals surface area contributed by atoms with Crippen LogP contribution in [0.1, 0.15) is 36.7 Å². The second-order valence-corrected chi connectivity index (χ2v) is 5.78. The van der Waals surface area contributed by atoms with E-state index in [1.54, 1.807) is 30.5 Å². The van der Waals surface area contributed by atoms with Gasteiger partial charge in [0.1, 0.15) is 0 Å². The molecule has 0 fully saturated rings. The molecule has 0 saturated heterocycles. The number of fused-ring (bicyclic) bond motifs is 1. The van der Waals surface area contributed by atoms with Gasteiger partial charge in [-0.1, -0.05) is 30.4 Å². The van der Waals surface area contributed by atoms with Gasteiger partial charge >= 0.3 is 0 Å². The first-order valence-electron chi connectivity index (χ1n) is 8.19. The van der Waals surface area contributed by atoms with Gasteiger partial charge in [-0.15, -0.1) is 0 Å². The Bertz CT molecular complexity index is 867. The van der Waals surface area contributed by atoms with E-state index in [1.165, 1.54) is 4.68 Å². The summed E-state index contributed by atoms with van der Waals surface area (Å²) in [6.07, 6.45) is 9.10. The van der Waals surface area contributed by atoms with Gasteiger partial charge < -0.3 is 0 Å². The van der Waals surface area contributed by atoms with Crippen molar-refractivity contribution in [3.63, 3.8) is 0 Å². The van der Waals surface area contributed by atoms with E-state index in [4.69, 9.17) is 0 Å². The highest BCUT2D eigenvalue weighted by Crippen LogP contribution is 2.16. The molecule has 1 amide bonds. The van der Waals surface area contributed by atoms with Crippen LogP contribution in [0.5, 0.6) is 0 Å². The van der Waals surface area contributed by atoms with E-state index in [1.807, 2.05) is 6.92 Å². The number of nitrogens with one attached hydrogen (secondary N) is 1. The molecule has 1 aromatic heterocycles. The van der Waals surface area contributed by atoms with E-state index in [9.17, 15) is 9.59 Å². The smallest absolute Gasteiger partial charge is 0.267 e. The molecule has 2 aromatic rings. The lowest BCUT2D eigenvalue weighted by Gasteiger charge is -2.12. The number of aryl methyl sites for hydroxylation is 1. The van der Waals surface area contributed by atoms with Crippen LogP contribution in [0.25, 0.3) is 10.8 Å². The van der Waals surface area contributed by atoms with Crippen molar-refractivity contribution in [2.75, 3.05) is 0 Å². The number of allylic oxidation sites excluding steroid dienone is 2. The van der Waals surface area contributed by atoms with Crippen molar-refractivity contribution in [1.29, 1.82) is 0 Å². The molecule has 1 aliphatic rings. The Kier molecular flexibility index (Phi) is 4.84. The van der Waals surface area contributed by atoms with Gasteiger partial charge in [0.15, 0.2) is 5.69 Å². The SMILES string of the molecule is CCn1nc(C(=O)N/N=C\[C@H]2CC=CCC2)c2ccccc2c1=O. The van der Waals surface area contributed by atoms with Gasteiger partial charge in [-0.25, -0.2) is 10.1 Å². The molecule has 1 heterocycles. The Labute approximate surface area is 139 Å². The van der Waals surface area contributed by atoms with E-state index < -0.39 is 5.91 Å². The van der Waals surface area contributed by atoms with Crippen LogP contribution in [0, 0.1) is 5.92 Å². The monoisotopic (exact) mass is 324 g/mol. The van der Waals surface area contributed by atoms with Crippen LogP contribution in [0.3, 0.4) is 0 Å². The van der Waals surface area contributed by atoms with Gasteiger partial charge in [0.2, 0.25) is 0 Å². The molecule has 0 radical (unpaired) electrons. The molecule has 1 N–H and O–H groups in total. The molecule has 1 aliphatic carbocycles. The average molecular weight is 324 g/mol. The molecule has 0 spiro atoms. The quantitative estimate of drug-likeness (QED) is 0.533. The first-order chi connectivity index (χ1) is 11.7. The van der Waals surface area contributed by atoms with Crippen molar-refractivity contribution in [2.45, 2.75) is 32.7 Å². The highest BCUT2D eigenvalue weighted by molar-refractivity contribution is 6.04. The summed E-state index contributed by atoms with van der Waals surface area (Å²) in [6, 6.07) is 7.00. The van der Waals surface area contributed by atoms with Crippen molar-refractivity contribution in [2.24, 2.45) is 11.0 Å². The predicted octanol–water partition coefficient (Wildman–Crippen LogP) is 2.49. The fourth-order valence-corrected chi connectivity index (χ4v) is 2.82. The van der Waals surface area contributed by atoms with Crippen LogP contribution in [0.2, 0.25) is 0 Å². The zero-order valence-electron chi connectivity index (χ0n) is 13.6. The molecular formula is C18H20N4O2. The van der Waals surface area contributed by atoms with Gasteiger partial charge in [-0.3, -0.25) is 9.59 Å². The molecule has 6 nitrogen and oxygen atoms in total. The topological polar surface area (TPSA) is 76.3 Å². The molecule has 24 heavy (non-hydrogen) atoms. The Morgan fingerprint density at radius 2 is 2.17 bits per heavy atom. The van der Waals surface area contributed by atoms with E-state index in [0.717, 1.165) is 19.3 Å². The van der Waals surface area contributed by atoms with Crippen LogP contribution in [0.15, 0.2) is 46.3 Å². The zero-order chi connectivity index (χ0) is 16.9. The van der Waals surface area contributed by atoms with Crippen LogP contribution >= 0.6 is 0 Å². The second kappa shape index (κ2) is 7.21. The molecule has 1 aromatic carbocycles. The maximum absolute atomic E-state index is 12.5. The van der Waals surface area contributed by atoms with E-state index in [0.29, 0.717) is 23.2 Å². The third-order valence-corrected chi connectivity index (χ3v) is 4.14. The predicted molar refractivity (Wildman–Crippen MR) is 94.1 cm³/mol. The minimum absolute atomic E-state index is 0.192. The van der Waals surface area contributed by atoms with E-state index in [-0.39, 0.29) is 11.3 Å². The summed E-state index contributed by atoms with van der Waals surface area (Å²) in [5.41, 5.74) is 2.56. The van der Waals surface area contributed by atoms with E-state index in [2.05, 4.69) is 27.8 Å². The maximum Gasteiger partial charge on any atom is 0.292 e. The summed E-state index contributed by atoms with van der Waals surface area (Å²) in [7, 11) is 0. The number of carbonyl (C=O) groups is 1. The molecule has 6 heteroatoms. The summed E-state index contributed by atoms with van der Waals surface area (Å²) in [5.74, 6) is -0.0550. The Morgan fingerprint density at radius 3 is 2.88 bits per heavy atom. The first kappa shape index (κ1) is 16.1. The molecule has 0 unspecified atom stereocenters. The maximum atomic E-state index is 12.5. The van der Waals surface area contributed by atoms with Crippen molar-refractivity contribution in [3.05, 3.63) is 52.5 Å². The number of nitrogens with zero attached hydrogens (tertiary/aromatic N) is 3. The van der Waals surface area contributed by atoms with Crippen LogP contribution in [-0.2, 0) is 6.54 Å². The second-order valence-electron chi connectivity index (χ2n) is 5.78.